The van der Waals surface area contributed by atoms with Crippen molar-refractivity contribution in [1.29, 1.82) is 0 Å². The minimum Gasteiger partial charge on any atom is -0.482 e. The van der Waals surface area contributed by atoms with E-state index in [0.717, 1.165) is 5.56 Å². The van der Waals surface area contributed by atoms with Gasteiger partial charge in [-0.2, -0.15) is 0 Å². The van der Waals surface area contributed by atoms with Gasteiger partial charge in [0.1, 0.15) is 5.75 Å². The van der Waals surface area contributed by atoms with Crippen molar-refractivity contribution in [3.63, 3.8) is 0 Å². The van der Waals surface area contributed by atoms with Crippen LogP contribution in [0.15, 0.2) is 24.3 Å². The largest absolute Gasteiger partial charge is 0.482 e. The van der Waals surface area contributed by atoms with Crippen LogP contribution in [-0.4, -0.2) is 32.4 Å². The van der Waals surface area contributed by atoms with Gasteiger partial charge in [0.25, 0.3) is 0 Å². The van der Waals surface area contributed by atoms with Gasteiger partial charge in [-0.15, -0.1) is 0 Å². The van der Waals surface area contributed by atoms with E-state index < -0.39 is 0 Å². The van der Waals surface area contributed by atoms with Gasteiger partial charge in [-0.1, -0.05) is 12.1 Å². The summed E-state index contributed by atoms with van der Waals surface area (Å²) < 4.78 is 21.1. The molecule has 0 fully saturated rings. The molecule has 1 rings (SSSR count). The SMILES string of the molecule is CCOC(=O)COc1ccc(C(OCC)OCC)cc1. The van der Waals surface area contributed by atoms with E-state index in [4.69, 9.17) is 18.9 Å². The lowest BCUT2D eigenvalue weighted by molar-refractivity contribution is -0.145. The zero-order valence-electron chi connectivity index (χ0n) is 12.3. The van der Waals surface area contributed by atoms with Crippen LogP contribution in [0.3, 0.4) is 0 Å². The fourth-order valence-corrected chi connectivity index (χ4v) is 1.61. The van der Waals surface area contributed by atoms with Gasteiger partial charge in [0.15, 0.2) is 12.9 Å². The van der Waals surface area contributed by atoms with Crippen molar-refractivity contribution in [2.75, 3.05) is 26.4 Å². The van der Waals surface area contributed by atoms with Crippen LogP contribution in [0.1, 0.15) is 32.6 Å². The highest BCUT2D eigenvalue weighted by atomic mass is 16.7. The molecule has 5 nitrogen and oxygen atoms in total. The zero-order chi connectivity index (χ0) is 14.8. The molecule has 0 radical (unpaired) electrons. The van der Waals surface area contributed by atoms with E-state index in [1.165, 1.54) is 0 Å². The Hall–Kier alpha value is -1.59. The standard InChI is InChI=1S/C15H22O5/c1-4-17-14(16)11-20-13-9-7-12(8-10-13)15(18-5-2)19-6-3/h7-10,15H,4-6,11H2,1-3H3. The van der Waals surface area contributed by atoms with Gasteiger partial charge < -0.3 is 18.9 Å². The number of carbonyl (C=O) groups excluding carboxylic acids is 1. The first-order chi connectivity index (χ1) is 9.71. The van der Waals surface area contributed by atoms with Gasteiger partial charge in [0.05, 0.1) is 6.61 Å². The summed E-state index contributed by atoms with van der Waals surface area (Å²) in [5.74, 6) is 0.228. The molecular weight excluding hydrogens is 260 g/mol. The molecule has 1 aromatic carbocycles. The van der Waals surface area contributed by atoms with Crippen molar-refractivity contribution in [1.82, 2.24) is 0 Å². The molecule has 20 heavy (non-hydrogen) atoms. The molecule has 0 amide bonds. The molecule has 0 aliphatic carbocycles. The summed E-state index contributed by atoms with van der Waals surface area (Å²) >= 11 is 0. The van der Waals surface area contributed by atoms with Crippen molar-refractivity contribution < 1.29 is 23.7 Å². The van der Waals surface area contributed by atoms with E-state index in [9.17, 15) is 4.79 Å². The normalized spacial score (nSPS) is 10.6. The van der Waals surface area contributed by atoms with Crippen LogP contribution in [-0.2, 0) is 19.0 Å². The molecule has 0 unspecified atom stereocenters. The van der Waals surface area contributed by atoms with E-state index in [-0.39, 0.29) is 18.9 Å². The van der Waals surface area contributed by atoms with Gasteiger partial charge >= 0.3 is 5.97 Å². The number of hydrogen-bond donors (Lipinski definition) is 0. The molecule has 1 aromatic rings. The lowest BCUT2D eigenvalue weighted by Crippen LogP contribution is -2.14. The number of carbonyl (C=O) groups is 1. The third kappa shape index (κ3) is 5.59. The molecule has 0 saturated heterocycles. The predicted octanol–water partition coefficient (Wildman–Crippen LogP) is 2.70. The van der Waals surface area contributed by atoms with Crippen molar-refractivity contribution in [2.45, 2.75) is 27.1 Å². The second-order valence-electron chi connectivity index (χ2n) is 3.91. The van der Waals surface area contributed by atoms with E-state index >= 15 is 0 Å². The summed E-state index contributed by atoms with van der Waals surface area (Å²) in [5.41, 5.74) is 0.914. The topological polar surface area (TPSA) is 54.0 Å². The summed E-state index contributed by atoms with van der Waals surface area (Å²) in [6.07, 6.45) is -0.371. The van der Waals surface area contributed by atoms with E-state index in [1.807, 2.05) is 26.0 Å². The summed E-state index contributed by atoms with van der Waals surface area (Å²) in [6.45, 7) is 7.01. The summed E-state index contributed by atoms with van der Waals surface area (Å²) in [7, 11) is 0. The van der Waals surface area contributed by atoms with Crippen molar-refractivity contribution in [3.05, 3.63) is 29.8 Å². The molecule has 0 aliphatic heterocycles. The lowest BCUT2D eigenvalue weighted by atomic mass is 10.2. The Balaban J connectivity index is 2.56. The number of esters is 1. The minimum atomic E-state index is -0.377. The second kappa shape index (κ2) is 9.34. The van der Waals surface area contributed by atoms with Crippen LogP contribution in [0.5, 0.6) is 5.75 Å². The third-order valence-corrected chi connectivity index (χ3v) is 2.45. The molecule has 0 bridgehead atoms. The molecule has 0 saturated carbocycles. The van der Waals surface area contributed by atoms with Gasteiger partial charge in [-0.3, -0.25) is 0 Å². The maximum Gasteiger partial charge on any atom is 0.344 e. The van der Waals surface area contributed by atoms with Gasteiger partial charge in [0.2, 0.25) is 0 Å². The minimum absolute atomic E-state index is 0.0897. The van der Waals surface area contributed by atoms with Gasteiger partial charge in [-0.05, 0) is 32.9 Å². The molecule has 5 heteroatoms. The van der Waals surface area contributed by atoms with Gasteiger partial charge in [0, 0.05) is 18.8 Å². The highest BCUT2D eigenvalue weighted by Gasteiger charge is 2.11. The van der Waals surface area contributed by atoms with E-state index in [1.54, 1.807) is 19.1 Å². The van der Waals surface area contributed by atoms with Crippen LogP contribution in [0, 0.1) is 0 Å². The Morgan fingerprint density at radius 2 is 1.60 bits per heavy atom. The first kappa shape index (κ1) is 16.5. The highest BCUT2D eigenvalue weighted by molar-refractivity contribution is 5.71. The first-order valence-corrected chi connectivity index (χ1v) is 6.82. The fraction of sp³-hybridized carbons (Fsp3) is 0.533. The average molecular weight is 282 g/mol. The van der Waals surface area contributed by atoms with Crippen LogP contribution in [0.4, 0.5) is 0 Å². The first-order valence-electron chi connectivity index (χ1n) is 6.82. The number of ether oxygens (including phenoxy) is 4. The van der Waals surface area contributed by atoms with Crippen LogP contribution >= 0.6 is 0 Å². The van der Waals surface area contributed by atoms with Crippen molar-refractivity contribution in [2.24, 2.45) is 0 Å². The number of rotatable bonds is 9. The average Bonchev–Trinajstić information content (AvgIpc) is 2.46. The Morgan fingerprint density at radius 3 is 2.10 bits per heavy atom. The molecule has 0 aliphatic rings. The van der Waals surface area contributed by atoms with Gasteiger partial charge in [-0.25, -0.2) is 4.79 Å². The van der Waals surface area contributed by atoms with Crippen LogP contribution < -0.4 is 4.74 Å². The Bertz CT molecular complexity index is 382. The highest BCUT2D eigenvalue weighted by Crippen LogP contribution is 2.21. The molecule has 0 atom stereocenters. The number of benzene rings is 1. The van der Waals surface area contributed by atoms with Crippen LogP contribution in [0.25, 0.3) is 0 Å². The van der Waals surface area contributed by atoms with Crippen LogP contribution in [0.2, 0.25) is 0 Å². The smallest absolute Gasteiger partial charge is 0.344 e. The Kier molecular flexibility index (Phi) is 7.69. The fourth-order valence-electron chi connectivity index (χ4n) is 1.61. The molecular formula is C15H22O5. The molecule has 112 valence electrons. The van der Waals surface area contributed by atoms with E-state index in [2.05, 4.69) is 0 Å². The van der Waals surface area contributed by atoms with Crippen molar-refractivity contribution in [3.8, 4) is 5.75 Å². The Morgan fingerprint density at radius 1 is 1.00 bits per heavy atom. The lowest BCUT2D eigenvalue weighted by Gasteiger charge is -2.17. The molecule has 0 N–H and O–H groups in total. The molecule has 0 heterocycles. The quantitative estimate of drug-likeness (QED) is 0.515. The molecule has 0 aromatic heterocycles. The maximum atomic E-state index is 11.2. The van der Waals surface area contributed by atoms with Crippen molar-refractivity contribution >= 4 is 5.97 Å². The third-order valence-electron chi connectivity index (χ3n) is 2.45. The predicted molar refractivity (Wildman–Crippen MR) is 74.6 cm³/mol. The molecule has 0 spiro atoms. The summed E-state index contributed by atoms with van der Waals surface area (Å²) in [6, 6.07) is 7.27. The summed E-state index contributed by atoms with van der Waals surface area (Å²) in [5, 5.41) is 0. The summed E-state index contributed by atoms with van der Waals surface area (Å²) in [4.78, 5) is 11.2. The maximum absolute atomic E-state index is 11.2. The zero-order valence-corrected chi connectivity index (χ0v) is 12.3. The van der Waals surface area contributed by atoms with E-state index in [0.29, 0.717) is 25.6 Å². The Labute approximate surface area is 119 Å². The monoisotopic (exact) mass is 282 g/mol. The number of hydrogen-bond acceptors (Lipinski definition) is 5. The second-order valence-corrected chi connectivity index (χ2v) is 3.91.